The summed E-state index contributed by atoms with van der Waals surface area (Å²) < 4.78 is 15.7. The van der Waals surface area contributed by atoms with Gasteiger partial charge in [0, 0.05) is 16.5 Å². The Balaban J connectivity index is 1.43. The zero-order chi connectivity index (χ0) is 22.2. The van der Waals surface area contributed by atoms with Crippen LogP contribution < -0.4 is 0 Å². The van der Waals surface area contributed by atoms with E-state index >= 15 is 0 Å². The van der Waals surface area contributed by atoms with E-state index in [9.17, 15) is 4.39 Å². The van der Waals surface area contributed by atoms with Gasteiger partial charge in [0.2, 0.25) is 0 Å². The molecule has 0 aliphatic rings. The van der Waals surface area contributed by atoms with Crippen molar-refractivity contribution < 1.29 is 4.39 Å². The molecule has 0 saturated heterocycles. The summed E-state index contributed by atoms with van der Waals surface area (Å²) in [4.78, 5) is 0. The minimum absolute atomic E-state index is 0.225. The van der Waals surface area contributed by atoms with E-state index in [1.165, 1.54) is 45.2 Å². The van der Waals surface area contributed by atoms with Gasteiger partial charge in [-0.3, -0.25) is 0 Å². The summed E-state index contributed by atoms with van der Waals surface area (Å²) in [5, 5.41) is 2.39. The molecule has 5 aromatic carbocycles. The molecule has 0 aliphatic heterocycles. The third kappa shape index (κ3) is 3.60. The molecular weight excluding hydrogens is 405 g/mol. The Kier molecular flexibility index (Phi) is 4.77. The van der Waals surface area contributed by atoms with Gasteiger partial charge in [0.05, 0.1) is 11.0 Å². The van der Waals surface area contributed by atoms with Crippen LogP contribution >= 0.6 is 0 Å². The second kappa shape index (κ2) is 8.07. The molecule has 33 heavy (non-hydrogen) atoms. The van der Waals surface area contributed by atoms with Crippen molar-refractivity contribution in [3.63, 3.8) is 0 Å². The number of hydrogen-bond acceptors (Lipinski definition) is 0. The van der Waals surface area contributed by atoms with Crippen molar-refractivity contribution >= 4 is 21.8 Å². The molecule has 1 nitrogen and oxygen atoms in total. The summed E-state index contributed by atoms with van der Waals surface area (Å²) in [5.74, 6) is -0.225. The third-order valence-corrected chi connectivity index (χ3v) is 6.30. The largest absolute Gasteiger partial charge is 0.309 e. The minimum atomic E-state index is -0.225. The molecule has 6 rings (SSSR count). The molecule has 0 bridgehead atoms. The van der Waals surface area contributed by atoms with Crippen molar-refractivity contribution in [2.24, 2.45) is 0 Å². The van der Waals surface area contributed by atoms with Crippen LogP contribution in [0.5, 0.6) is 0 Å². The van der Waals surface area contributed by atoms with Crippen LogP contribution in [0.15, 0.2) is 121 Å². The third-order valence-electron chi connectivity index (χ3n) is 6.30. The summed E-state index contributed by atoms with van der Waals surface area (Å²) in [6.45, 7) is 0. The smallest absolute Gasteiger partial charge is 0.123 e. The Hall–Kier alpha value is -4.17. The number of rotatable bonds is 4. The van der Waals surface area contributed by atoms with Gasteiger partial charge < -0.3 is 4.57 Å². The van der Waals surface area contributed by atoms with Gasteiger partial charge in [-0.05, 0) is 71.1 Å². The van der Waals surface area contributed by atoms with Crippen LogP contribution in [-0.4, -0.2) is 4.57 Å². The van der Waals surface area contributed by atoms with Crippen LogP contribution in [-0.2, 0) is 6.42 Å². The number of aromatic nitrogens is 1. The Morgan fingerprint density at radius 3 is 1.94 bits per heavy atom. The average molecular weight is 428 g/mol. The van der Waals surface area contributed by atoms with Gasteiger partial charge in [0.25, 0.3) is 0 Å². The van der Waals surface area contributed by atoms with Gasteiger partial charge in [-0.15, -0.1) is 0 Å². The number of nitrogens with zero attached hydrogens (tertiary/aromatic N) is 1. The normalized spacial score (nSPS) is 11.3. The van der Waals surface area contributed by atoms with E-state index in [-0.39, 0.29) is 5.82 Å². The topological polar surface area (TPSA) is 4.93 Å². The quantitative estimate of drug-likeness (QED) is 0.267. The van der Waals surface area contributed by atoms with Crippen LogP contribution in [0.25, 0.3) is 38.6 Å². The number of para-hydroxylation sites is 1. The van der Waals surface area contributed by atoms with Gasteiger partial charge in [-0.25, -0.2) is 4.39 Å². The van der Waals surface area contributed by atoms with Crippen LogP contribution in [0.3, 0.4) is 0 Å². The van der Waals surface area contributed by atoms with Crippen molar-refractivity contribution in [1.82, 2.24) is 4.57 Å². The highest BCUT2D eigenvalue weighted by molar-refractivity contribution is 6.10. The molecule has 0 saturated carbocycles. The molecule has 0 aliphatic carbocycles. The zero-order valence-electron chi connectivity index (χ0n) is 18.1. The summed E-state index contributed by atoms with van der Waals surface area (Å²) >= 11 is 0. The summed E-state index contributed by atoms with van der Waals surface area (Å²) in [5.41, 5.74) is 8.21. The Morgan fingerprint density at radius 1 is 0.515 bits per heavy atom. The summed E-state index contributed by atoms with van der Waals surface area (Å²) in [6.07, 6.45) is 0.936. The molecule has 0 radical (unpaired) electrons. The van der Waals surface area contributed by atoms with Gasteiger partial charge in [0.1, 0.15) is 5.82 Å². The molecule has 158 valence electrons. The van der Waals surface area contributed by atoms with Gasteiger partial charge in [-0.1, -0.05) is 78.9 Å². The second-order valence-electron chi connectivity index (χ2n) is 8.42. The average Bonchev–Trinajstić information content (AvgIpc) is 3.19. The molecule has 0 N–H and O–H groups in total. The van der Waals surface area contributed by atoms with Gasteiger partial charge in [-0.2, -0.15) is 0 Å². The summed E-state index contributed by atoms with van der Waals surface area (Å²) in [7, 11) is 0. The van der Waals surface area contributed by atoms with Crippen LogP contribution in [0.4, 0.5) is 4.39 Å². The fourth-order valence-corrected chi connectivity index (χ4v) is 4.67. The lowest BCUT2D eigenvalue weighted by Gasteiger charge is -2.09. The van der Waals surface area contributed by atoms with E-state index < -0.39 is 0 Å². The molecule has 0 atom stereocenters. The highest BCUT2D eigenvalue weighted by Gasteiger charge is 2.13. The molecule has 0 fully saturated rings. The first-order chi connectivity index (χ1) is 16.3. The van der Waals surface area contributed by atoms with E-state index in [1.54, 1.807) is 0 Å². The molecule has 2 heteroatoms. The number of hydrogen-bond donors (Lipinski definition) is 0. The maximum Gasteiger partial charge on any atom is 0.123 e. The number of fused-ring (bicyclic) bond motifs is 3. The monoisotopic (exact) mass is 427 g/mol. The molecule has 0 amide bonds. The van der Waals surface area contributed by atoms with Crippen LogP contribution in [0.2, 0.25) is 0 Å². The lowest BCUT2D eigenvalue weighted by Crippen LogP contribution is -1.93. The standard InChI is InChI=1S/C31H22FN/c32-26-15-17-27(18-16-26)33-30-9-5-4-8-28(30)29-21-25(14-19-31(29)33)24-12-10-23(11-13-24)20-22-6-2-1-3-7-22/h1-19,21H,20H2. The fourth-order valence-electron chi connectivity index (χ4n) is 4.67. The SMILES string of the molecule is Fc1ccc(-n2c3ccccc3c3cc(-c4ccc(Cc5ccccc5)cc4)ccc32)cc1. The first kappa shape index (κ1) is 19.5. The predicted octanol–water partition coefficient (Wildman–Crippen LogP) is 8.18. The van der Waals surface area contributed by atoms with Crippen molar-refractivity contribution in [2.75, 3.05) is 0 Å². The predicted molar refractivity (Wildman–Crippen MR) is 135 cm³/mol. The lowest BCUT2D eigenvalue weighted by molar-refractivity contribution is 0.627. The summed E-state index contributed by atoms with van der Waals surface area (Å²) in [6, 6.07) is 41.1. The van der Waals surface area contributed by atoms with Crippen LogP contribution in [0.1, 0.15) is 11.1 Å². The van der Waals surface area contributed by atoms with Gasteiger partial charge in [0.15, 0.2) is 0 Å². The molecule has 0 unspecified atom stereocenters. The van der Waals surface area contributed by atoms with Crippen molar-refractivity contribution in [3.8, 4) is 16.8 Å². The molecule has 0 spiro atoms. The Labute approximate surface area is 192 Å². The van der Waals surface area contributed by atoms with E-state index in [1.807, 2.05) is 18.2 Å². The Bertz CT molecular complexity index is 1560. The lowest BCUT2D eigenvalue weighted by atomic mass is 9.99. The van der Waals surface area contributed by atoms with E-state index in [2.05, 4.69) is 95.6 Å². The van der Waals surface area contributed by atoms with E-state index in [4.69, 9.17) is 0 Å². The first-order valence-electron chi connectivity index (χ1n) is 11.2. The highest BCUT2D eigenvalue weighted by Crippen LogP contribution is 2.35. The maximum atomic E-state index is 13.5. The maximum absolute atomic E-state index is 13.5. The first-order valence-corrected chi connectivity index (χ1v) is 11.2. The zero-order valence-corrected chi connectivity index (χ0v) is 18.1. The van der Waals surface area contributed by atoms with E-state index in [0.29, 0.717) is 0 Å². The number of halogens is 1. The molecule has 1 aromatic heterocycles. The highest BCUT2D eigenvalue weighted by atomic mass is 19.1. The fraction of sp³-hybridized carbons (Fsp3) is 0.0323. The van der Waals surface area contributed by atoms with E-state index in [0.717, 1.165) is 23.1 Å². The Morgan fingerprint density at radius 2 is 1.15 bits per heavy atom. The molecular formula is C31H22FN. The van der Waals surface area contributed by atoms with Gasteiger partial charge >= 0.3 is 0 Å². The molecule has 6 aromatic rings. The molecule has 1 heterocycles. The minimum Gasteiger partial charge on any atom is -0.309 e. The second-order valence-corrected chi connectivity index (χ2v) is 8.42. The van der Waals surface area contributed by atoms with Crippen molar-refractivity contribution in [2.45, 2.75) is 6.42 Å². The van der Waals surface area contributed by atoms with Crippen LogP contribution in [0, 0.1) is 5.82 Å². The van der Waals surface area contributed by atoms with Crippen molar-refractivity contribution in [1.29, 1.82) is 0 Å². The number of benzene rings is 5. The van der Waals surface area contributed by atoms with Crippen molar-refractivity contribution in [3.05, 3.63) is 138 Å².